The first-order chi connectivity index (χ1) is 11.9. The molecule has 4 rings (SSSR count). The zero-order valence-corrected chi connectivity index (χ0v) is 14.5. The van der Waals surface area contributed by atoms with Crippen molar-refractivity contribution in [2.24, 2.45) is 0 Å². The van der Waals surface area contributed by atoms with Crippen molar-refractivity contribution < 1.29 is 0 Å². The number of allylic oxidation sites excluding steroid dienone is 1. The number of rotatable bonds is 4. The third kappa shape index (κ3) is 3.32. The summed E-state index contributed by atoms with van der Waals surface area (Å²) in [6, 6.07) is 17.6. The average molecular weight is 317 g/mol. The van der Waals surface area contributed by atoms with E-state index >= 15 is 0 Å². The molecule has 0 saturated carbocycles. The molecule has 0 atom stereocenters. The predicted molar refractivity (Wildman–Crippen MR) is 103 cm³/mol. The Bertz CT molecular complexity index is 706. The minimum Gasteiger partial charge on any atom is -0.303 e. The van der Waals surface area contributed by atoms with E-state index in [1.807, 2.05) is 0 Å². The summed E-state index contributed by atoms with van der Waals surface area (Å²) in [5.41, 5.74) is 7.33. The van der Waals surface area contributed by atoms with E-state index in [9.17, 15) is 0 Å². The predicted octanol–water partition coefficient (Wildman–Crippen LogP) is 5.56. The molecular weight excluding hydrogens is 290 g/mol. The van der Waals surface area contributed by atoms with Gasteiger partial charge in [-0.1, -0.05) is 67.4 Å². The molecule has 1 fully saturated rings. The summed E-state index contributed by atoms with van der Waals surface area (Å²) >= 11 is 0. The number of hydrogen-bond acceptors (Lipinski definition) is 1. The molecule has 0 N–H and O–H groups in total. The fourth-order valence-corrected chi connectivity index (χ4v) is 4.21. The van der Waals surface area contributed by atoms with E-state index in [4.69, 9.17) is 0 Å². The van der Waals surface area contributed by atoms with Gasteiger partial charge in [0.1, 0.15) is 0 Å². The molecule has 0 amide bonds. The van der Waals surface area contributed by atoms with Gasteiger partial charge in [-0.25, -0.2) is 0 Å². The first-order valence-corrected chi connectivity index (χ1v) is 9.51. The SMILES string of the molecule is C1=C(CCN2CCCCCC2)c2cccc(-c3ccccc3)c2C1. The Morgan fingerprint density at radius 2 is 1.50 bits per heavy atom. The molecule has 1 heteroatoms. The highest BCUT2D eigenvalue weighted by molar-refractivity contribution is 5.81. The van der Waals surface area contributed by atoms with Crippen LogP contribution in [-0.4, -0.2) is 24.5 Å². The van der Waals surface area contributed by atoms with Gasteiger partial charge in [0.2, 0.25) is 0 Å². The quantitative estimate of drug-likeness (QED) is 0.713. The van der Waals surface area contributed by atoms with Gasteiger partial charge in [-0.3, -0.25) is 0 Å². The second-order valence-electron chi connectivity index (χ2n) is 7.14. The van der Waals surface area contributed by atoms with Gasteiger partial charge in [0.25, 0.3) is 0 Å². The molecule has 124 valence electrons. The fraction of sp³-hybridized carbons (Fsp3) is 0.391. The third-order valence-electron chi connectivity index (χ3n) is 5.56. The lowest BCUT2D eigenvalue weighted by atomic mass is 9.94. The summed E-state index contributed by atoms with van der Waals surface area (Å²) in [4.78, 5) is 2.67. The molecule has 0 spiro atoms. The summed E-state index contributed by atoms with van der Waals surface area (Å²) in [6.45, 7) is 3.81. The molecule has 24 heavy (non-hydrogen) atoms. The normalized spacial score (nSPS) is 18.1. The second-order valence-corrected chi connectivity index (χ2v) is 7.14. The summed E-state index contributed by atoms with van der Waals surface area (Å²) in [6.07, 6.45) is 10.4. The van der Waals surface area contributed by atoms with E-state index in [0.717, 1.165) is 6.42 Å². The molecular formula is C23H27N. The van der Waals surface area contributed by atoms with Crippen molar-refractivity contribution in [1.82, 2.24) is 4.90 Å². The Morgan fingerprint density at radius 3 is 2.29 bits per heavy atom. The molecule has 2 aromatic carbocycles. The van der Waals surface area contributed by atoms with Crippen LogP contribution in [0.2, 0.25) is 0 Å². The lowest BCUT2D eigenvalue weighted by Crippen LogP contribution is -2.25. The minimum absolute atomic E-state index is 1.09. The molecule has 2 aromatic rings. The monoisotopic (exact) mass is 317 g/mol. The number of hydrogen-bond donors (Lipinski definition) is 0. The number of benzene rings is 2. The summed E-state index contributed by atoms with van der Waals surface area (Å²) < 4.78 is 0. The van der Waals surface area contributed by atoms with Gasteiger partial charge >= 0.3 is 0 Å². The summed E-state index contributed by atoms with van der Waals surface area (Å²) in [5.74, 6) is 0. The van der Waals surface area contributed by atoms with Gasteiger partial charge in [0.15, 0.2) is 0 Å². The van der Waals surface area contributed by atoms with Crippen LogP contribution in [0.1, 0.15) is 43.2 Å². The van der Waals surface area contributed by atoms with Gasteiger partial charge < -0.3 is 4.90 Å². The van der Waals surface area contributed by atoms with Gasteiger partial charge in [-0.15, -0.1) is 0 Å². The van der Waals surface area contributed by atoms with Crippen LogP contribution in [0.4, 0.5) is 0 Å². The molecule has 0 bridgehead atoms. The van der Waals surface area contributed by atoms with Crippen LogP contribution in [0.25, 0.3) is 16.7 Å². The standard InChI is InChI=1S/C23H27N/c1-2-7-17-24(16-6-1)18-15-20-13-14-23-21(11-8-12-22(20)23)19-9-4-3-5-10-19/h3-5,8-13H,1-2,6-7,14-18H2. The zero-order valence-electron chi connectivity index (χ0n) is 14.5. The van der Waals surface area contributed by atoms with E-state index in [1.54, 1.807) is 5.57 Å². The molecule has 1 heterocycles. The van der Waals surface area contributed by atoms with Crippen molar-refractivity contribution in [3.63, 3.8) is 0 Å². The maximum atomic E-state index is 2.67. The molecule has 2 aliphatic rings. The number of fused-ring (bicyclic) bond motifs is 1. The average Bonchev–Trinajstić information content (AvgIpc) is 2.87. The van der Waals surface area contributed by atoms with Crippen LogP contribution < -0.4 is 0 Å². The molecule has 0 radical (unpaired) electrons. The first-order valence-electron chi connectivity index (χ1n) is 9.51. The smallest absolute Gasteiger partial charge is 0.00219 e. The van der Waals surface area contributed by atoms with Gasteiger partial charge in [-0.2, -0.15) is 0 Å². The van der Waals surface area contributed by atoms with Crippen molar-refractivity contribution in [2.75, 3.05) is 19.6 Å². The van der Waals surface area contributed by atoms with Crippen LogP contribution >= 0.6 is 0 Å². The van der Waals surface area contributed by atoms with Crippen molar-refractivity contribution in [1.29, 1.82) is 0 Å². The first kappa shape index (κ1) is 15.7. The molecule has 0 unspecified atom stereocenters. The van der Waals surface area contributed by atoms with Crippen LogP contribution in [-0.2, 0) is 6.42 Å². The van der Waals surface area contributed by atoms with Crippen molar-refractivity contribution in [2.45, 2.75) is 38.5 Å². The van der Waals surface area contributed by atoms with Gasteiger partial charge in [0, 0.05) is 6.54 Å². The number of likely N-dealkylation sites (tertiary alicyclic amines) is 1. The lowest BCUT2D eigenvalue weighted by molar-refractivity contribution is 0.292. The van der Waals surface area contributed by atoms with Crippen molar-refractivity contribution in [3.05, 3.63) is 65.7 Å². The van der Waals surface area contributed by atoms with E-state index in [1.165, 1.54) is 74.0 Å². The van der Waals surface area contributed by atoms with Crippen LogP contribution in [0, 0.1) is 0 Å². The highest BCUT2D eigenvalue weighted by atomic mass is 15.1. The molecule has 1 aliphatic carbocycles. The topological polar surface area (TPSA) is 3.24 Å². The Kier molecular flexibility index (Phi) is 4.80. The van der Waals surface area contributed by atoms with Gasteiger partial charge in [0.05, 0.1) is 0 Å². The Morgan fingerprint density at radius 1 is 0.750 bits per heavy atom. The minimum atomic E-state index is 1.09. The van der Waals surface area contributed by atoms with Crippen molar-refractivity contribution >= 4 is 5.57 Å². The van der Waals surface area contributed by atoms with E-state index in [0.29, 0.717) is 0 Å². The Hall–Kier alpha value is -1.86. The summed E-state index contributed by atoms with van der Waals surface area (Å²) in [5, 5.41) is 0. The Labute approximate surface area is 146 Å². The maximum Gasteiger partial charge on any atom is 0.00219 e. The third-order valence-corrected chi connectivity index (χ3v) is 5.56. The van der Waals surface area contributed by atoms with E-state index < -0.39 is 0 Å². The lowest BCUT2D eigenvalue weighted by Gasteiger charge is -2.20. The molecule has 0 aromatic heterocycles. The zero-order chi connectivity index (χ0) is 16.2. The molecule has 1 saturated heterocycles. The highest BCUT2D eigenvalue weighted by Crippen LogP contribution is 2.36. The molecule has 1 aliphatic heterocycles. The van der Waals surface area contributed by atoms with Crippen LogP contribution in [0.15, 0.2) is 54.6 Å². The van der Waals surface area contributed by atoms with Crippen LogP contribution in [0.3, 0.4) is 0 Å². The van der Waals surface area contributed by atoms with Gasteiger partial charge in [-0.05, 0) is 66.6 Å². The fourth-order valence-electron chi connectivity index (χ4n) is 4.21. The van der Waals surface area contributed by atoms with E-state index in [-0.39, 0.29) is 0 Å². The van der Waals surface area contributed by atoms with Crippen LogP contribution in [0.5, 0.6) is 0 Å². The maximum absolute atomic E-state index is 2.67. The molecule has 1 nitrogen and oxygen atoms in total. The second kappa shape index (κ2) is 7.36. The Balaban J connectivity index is 1.49. The number of nitrogens with zero attached hydrogens (tertiary/aromatic N) is 1. The largest absolute Gasteiger partial charge is 0.303 e. The van der Waals surface area contributed by atoms with E-state index in [2.05, 4.69) is 59.5 Å². The summed E-state index contributed by atoms with van der Waals surface area (Å²) in [7, 11) is 0. The highest BCUT2D eigenvalue weighted by Gasteiger charge is 2.18. The van der Waals surface area contributed by atoms with Crippen molar-refractivity contribution in [3.8, 4) is 11.1 Å².